The van der Waals surface area contributed by atoms with E-state index in [0.29, 0.717) is 6.04 Å². The standard InChI is InChI=1S/C11H15N3/c1-9-12-6-10(7-13-9)8-14-11-4-2-3-5-11/h2-3,6-7,11,14H,4-5,8H2,1H3. The topological polar surface area (TPSA) is 37.8 Å². The molecule has 1 aliphatic carbocycles. The monoisotopic (exact) mass is 189 g/mol. The maximum atomic E-state index is 4.16. The van der Waals surface area contributed by atoms with Crippen molar-refractivity contribution in [2.75, 3.05) is 0 Å². The Labute approximate surface area is 84.3 Å². The van der Waals surface area contributed by atoms with Crippen LogP contribution in [-0.4, -0.2) is 16.0 Å². The molecule has 2 rings (SSSR count). The minimum absolute atomic E-state index is 0.608. The largest absolute Gasteiger partial charge is 0.309 e. The van der Waals surface area contributed by atoms with Gasteiger partial charge in [0.15, 0.2) is 0 Å². The molecule has 1 aromatic rings. The van der Waals surface area contributed by atoms with Gasteiger partial charge in [0, 0.05) is 30.5 Å². The smallest absolute Gasteiger partial charge is 0.125 e. The van der Waals surface area contributed by atoms with Gasteiger partial charge in [-0.15, -0.1) is 0 Å². The molecule has 0 bridgehead atoms. The van der Waals surface area contributed by atoms with Gasteiger partial charge in [-0.1, -0.05) is 12.2 Å². The summed E-state index contributed by atoms with van der Waals surface area (Å²) < 4.78 is 0. The van der Waals surface area contributed by atoms with Gasteiger partial charge in [-0.2, -0.15) is 0 Å². The molecule has 14 heavy (non-hydrogen) atoms. The van der Waals surface area contributed by atoms with E-state index in [-0.39, 0.29) is 0 Å². The van der Waals surface area contributed by atoms with Crippen LogP contribution in [0.5, 0.6) is 0 Å². The molecular weight excluding hydrogens is 174 g/mol. The first-order valence-corrected chi connectivity index (χ1v) is 5.00. The zero-order chi connectivity index (χ0) is 9.80. The lowest BCUT2D eigenvalue weighted by molar-refractivity contribution is 0.537. The second-order valence-corrected chi connectivity index (χ2v) is 3.66. The lowest BCUT2D eigenvalue weighted by Crippen LogP contribution is -2.25. The molecular formula is C11H15N3. The van der Waals surface area contributed by atoms with E-state index in [1.165, 1.54) is 0 Å². The van der Waals surface area contributed by atoms with Crippen LogP contribution in [0.15, 0.2) is 24.5 Å². The lowest BCUT2D eigenvalue weighted by Gasteiger charge is -2.11. The molecule has 0 saturated heterocycles. The number of nitrogens with one attached hydrogen (secondary N) is 1. The third-order valence-corrected chi connectivity index (χ3v) is 2.44. The maximum absolute atomic E-state index is 4.16. The van der Waals surface area contributed by atoms with Gasteiger partial charge in [-0.25, -0.2) is 9.97 Å². The summed E-state index contributed by atoms with van der Waals surface area (Å²) in [6, 6.07) is 0.608. The van der Waals surface area contributed by atoms with Crippen LogP contribution in [0.4, 0.5) is 0 Å². The highest BCUT2D eigenvalue weighted by atomic mass is 14.9. The number of hydrogen-bond donors (Lipinski definition) is 1. The molecule has 0 unspecified atom stereocenters. The second kappa shape index (κ2) is 4.33. The van der Waals surface area contributed by atoms with Crippen molar-refractivity contribution >= 4 is 0 Å². The zero-order valence-corrected chi connectivity index (χ0v) is 8.40. The second-order valence-electron chi connectivity index (χ2n) is 3.66. The fourth-order valence-corrected chi connectivity index (χ4v) is 1.56. The van der Waals surface area contributed by atoms with Gasteiger partial charge >= 0.3 is 0 Å². The summed E-state index contributed by atoms with van der Waals surface area (Å²) in [6.07, 6.45) is 10.5. The van der Waals surface area contributed by atoms with E-state index in [4.69, 9.17) is 0 Å². The van der Waals surface area contributed by atoms with E-state index in [1.807, 2.05) is 19.3 Å². The lowest BCUT2D eigenvalue weighted by atomic mass is 10.2. The predicted molar refractivity (Wildman–Crippen MR) is 55.8 cm³/mol. The van der Waals surface area contributed by atoms with Gasteiger partial charge in [0.2, 0.25) is 0 Å². The van der Waals surface area contributed by atoms with Crippen molar-refractivity contribution in [2.45, 2.75) is 32.4 Å². The number of nitrogens with zero attached hydrogens (tertiary/aromatic N) is 2. The number of aryl methyl sites for hydroxylation is 1. The molecule has 0 amide bonds. The Bertz CT molecular complexity index is 308. The van der Waals surface area contributed by atoms with Crippen molar-refractivity contribution in [1.82, 2.24) is 15.3 Å². The summed E-state index contributed by atoms with van der Waals surface area (Å²) in [6.45, 7) is 2.77. The van der Waals surface area contributed by atoms with Gasteiger partial charge < -0.3 is 5.32 Å². The van der Waals surface area contributed by atoms with E-state index in [9.17, 15) is 0 Å². The molecule has 0 aliphatic heterocycles. The van der Waals surface area contributed by atoms with Crippen LogP contribution in [0.1, 0.15) is 24.2 Å². The van der Waals surface area contributed by atoms with E-state index in [0.717, 1.165) is 30.8 Å². The highest BCUT2D eigenvalue weighted by Crippen LogP contribution is 2.09. The van der Waals surface area contributed by atoms with Crippen LogP contribution in [0.25, 0.3) is 0 Å². The van der Waals surface area contributed by atoms with Crippen molar-refractivity contribution < 1.29 is 0 Å². The Morgan fingerprint density at radius 2 is 1.93 bits per heavy atom. The molecule has 0 aromatic carbocycles. The van der Waals surface area contributed by atoms with Gasteiger partial charge in [0.25, 0.3) is 0 Å². The van der Waals surface area contributed by atoms with E-state index < -0.39 is 0 Å². The van der Waals surface area contributed by atoms with Crippen LogP contribution in [0, 0.1) is 6.92 Å². The summed E-state index contributed by atoms with van der Waals surface area (Å²) in [4.78, 5) is 8.32. The fraction of sp³-hybridized carbons (Fsp3) is 0.455. The quantitative estimate of drug-likeness (QED) is 0.734. The first kappa shape index (κ1) is 9.34. The number of rotatable bonds is 3. The molecule has 0 saturated carbocycles. The van der Waals surface area contributed by atoms with Crippen LogP contribution >= 0.6 is 0 Å². The van der Waals surface area contributed by atoms with Crippen molar-refractivity contribution in [3.63, 3.8) is 0 Å². The Hall–Kier alpha value is -1.22. The molecule has 0 fully saturated rings. The molecule has 1 N–H and O–H groups in total. The average molecular weight is 189 g/mol. The van der Waals surface area contributed by atoms with Gasteiger partial charge in [0.1, 0.15) is 5.82 Å². The normalized spacial score (nSPS) is 16.4. The third kappa shape index (κ3) is 2.39. The molecule has 74 valence electrons. The SMILES string of the molecule is Cc1ncc(CNC2CC=CC2)cn1. The minimum Gasteiger partial charge on any atom is -0.309 e. The van der Waals surface area contributed by atoms with Crippen molar-refractivity contribution in [2.24, 2.45) is 0 Å². The Morgan fingerprint density at radius 3 is 2.57 bits per heavy atom. The van der Waals surface area contributed by atoms with Gasteiger partial charge in [-0.3, -0.25) is 0 Å². The number of aromatic nitrogens is 2. The Kier molecular flexibility index (Phi) is 2.89. The first-order valence-electron chi connectivity index (χ1n) is 5.00. The summed E-state index contributed by atoms with van der Waals surface area (Å²) in [5.74, 6) is 0.830. The summed E-state index contributed by atoms with van der Waals surface area (Å²) >= 11 is 0. The fourth-order valence-electron chi connectivity index (χ4n) is 1.56. The van der Waals surface area contributed by atoms with Crippen LogP contribution in [0.2, 0.25) is 0 Å². The van der Waals surface area contributed by atoms with E-state index >= 15 is 0 Å². The van der Waals surface area contributed by atoms with Gasteiger partial charge in [-0.05, 0) is 19.8 Å². The highest BCUT2D eigenvalue weighted by Gasteiger charge is 2.08. The molecule has 3 heteroatoms. The van der Waals surface area contributed by atoms with Crippen LogP contribution in [0.3, 0.4) is 0 Å². The third-order valence-electron chi connectivity index (χ3n) is 2.44. The van der Waals surface area contributed by atoms with Crippen molar-refractivity contribution in [1.29, 1.82) is 0 Å². The highest BCUT2D eigenvalue weighted by molar-refractivity contribution is 5.05. The molecule has 1 heterocycles. The first-order chi connectivity index (χ1) is 6.84. The molecule has 0 radical (unpaired) electrons. The minimum atomic E-state index is 0.608. The van der Waals surface area contributed by atoms with Crippen molar-refractivity contribution in [3.05, 3.63) is 35.9 Å². The summed E-state index contributed by atoms with van der Waals surface area (Å²) in [7, 11) is 0. The Balaban J connectivity index is 1.82. The van der Waals surface area contributed by atoms with E-state index in [1.54, 1.807) is 0 Å². The average Bonchev–Trinajstić information content (AvgIpc) is 2.70. The molecule has 3 nitrogen and oxygen atoms in total. The molecule has 1 aromatic heterocycles. The summed E-state index contributed by atoms with van der Waals surface area (Å²) in [5.41, 5.74) is 1.16. The molecule has 1 aliphatic rings. The predicted octanol–water partition coefficient (Wildman–Crippen LogP) is 1.59. The molecule has 0 atom stereocenters. The number of hydrogen-bond acceptors (Lipinski definition) is 3. The molecule has 0 spiro atoms. The zero-order valence-electron chi connectivity index (χ0n) is 8.40. The van der Waals surface area contributed by atoms with E-state index in [2.05, 4.69) is 27.4 Å². The summed E-state index contributed by atoms with van der Waals surface area (Å²) in [5, 5.41) is 3.47. The van der Waals surface area contributed by atoms with Gasteiger partial charge in [0.05, 0.1) is 0 Å². The maximum Gasteiger partial charge on any atom is 0.125 e. The Morgan fingerprint density at radius 1 is 1.29 bits per heavy atom. The van der Waals surface area contributed by atoms with Crippen molar-refractivity contribution in [3.8, 4) is 0 Å². The van der Waals surface area contributed by atoms with Crippen LogP contribution in [-0.2, 0) is 6.54 Å². The van der Waals surface area contributed by atoms with Crippen LogP contribution < -0.4 is 5.32 Å².